The van der Waals surface area contributed by atoms with Gasteiger partial charge in [-0.2, -0.15) is 0 Å². The first-order valence-corrected chi connectivity index (χ1v) is 9.40. The van der Waals surface area contributed by atoms with Crippen molar-refractivity contribution in [2.75, 3.05) is 14.8 Å². The highest BCUT2D eigenvalue weighted by molar-refractivity contribution is 6.69. The third-order valence-electron chi connectivity index (χ3n) is 5.36. The van der Waals surface area contributed by atoms with E-state index in [1.165, 1.54) is 11.3 Å². The van der Waals surface area contributed by atoms with Crippen molar-refractivity contribution in [1.82, 2.24) is 4.98 Å². The van der Waals surface area contributed by atoms with Gasteiger partial charge in [0.25, 0.3) is 0 Å². The summed E-state index contributed by atoms with van der Waals surface area (Å²) in [4.78, 5) is 9.43. The summed E-state index contributed by atoms with van der Waals surface area (Å²) in [6.07, 6.45) is 4.20. The van der Waals surface area contributed by atoms with Crippen LogP contribution in [-0.2, 0) is 0 Å². The maximum Gasteiger partial charge on any atom is 0.303 e. The van der Waals surface area contributed by atoms with Gasteiger partial charge in [-0.25, -0.2) is 4.98 Å². The number of hydrazine groups is 1. The third-order valence-corrected chi connectivity index (χ3v) is 5.36. The number of fused-ring (bicyclic) bond motifs is 2. The standard InChI is InChI=1S/C22H21BN4/c1-17-25(19-10-4-3-5-11-19)22-21(13-8-16-24-22)26(17)27-20-12-7-6-9-18(20)14-15-23(27)2/h3-17H,1-2H3/t17-/m0/s1. The van der Waals surface area contributed by atoms with Crippen LogP contribution in [0, 0.1) is 0 Å². The van der Waals surface area contributed by atoms with Crippen LogP contribution in [0.4, 0.5) is 22.9 Å². The van der Waals surface area contributed by atoms with Crippen LogP contribution in [0.15, 0.2) is 78.9 Å². The molecule has 0 amide bonds. The van der Waals surface area contributed by atoms with E-state index in [-0.39, 0.29) is 13.0 Å². The molecule has 2 aromatic carbocycles. The van der Waals surface area contributed by atoms with Gasteiger partial charge in [0.05, 0.1) is 5.69 Å². The molecule has 1 atom stereocenters. The Morgan fingerprint density at radius 1 is 0.889 bits per heavy atom. The van der Waals surface area contributed by atoms with Gasteiger partial charge >= 0.3 is 6.85 Å². The monoisotopic (exact) mass is 352 g/mol. The number of benzene rings is 2. The molecule has 0 radical (unpaired) electrons. The summed E-state index contributed by atoms with van der Waals surface area (Å²) in [6.45, 7) is 4.73. The Kier molecular flexibility index (Phi) is 3.67. The molecule has 3 aromatic rings. The zero-order chi connectivity index (χ0) is 18.4. The Labute approximate surface area is 160 Å². The molecule has 27 heavy (non-hydrogen) atoms. The minimum Gasteiger partial charge on any atom is -0.323 e. The summed E-state index contributed by atoms with van der Waals surface area (Å²) < 4.78 is 0. The first kappa shape index (κ1) is 16.0. The molecule has 0 spiro atoms. The van der Waals surface area contributed by atoms with Gasteiger partial charge in [0.1, 0.15) is 11.9 Å². The van der Waals surface area contributed by atoms with E-state index in [4.69, 9.17) is 4.98 Å². The first-order valence-electron chi connectivity index (χ1n) is 9.40. The fraction of sp³-hybridized carbons (Fsp3) is 0.136. The molecule has 0 saturated carbocycles. The van der Waals surface area contributed by atoms with Crippen molar-refractivity contribution in [3.8, 4) is 0 Å². The largest absolute Gasteiger partial charge is 0.323 e. The van der Waals surface area contributed by atoms with Crippen LogP contribution in [0.1, 0.15) is 12.5 Å². The predicted octanol–water partition coefficient (Wildman–Crippen LogP) is 4.99. The van der Waals surface area contributed by atoms with E-state index in [2.05, 4.69) is 101 Å². The van der Waals surface area contributed by atoms with Crippen LogP contribution >= 0.6 is 0 Å². The molecule has 0 bridgehead atoms. The van der Waals surface area contributed by atoms with Crippen molar-refractivity contribution in [2.45, 2.75) is 19.9 Å². The number of para-hydroxylation sites is 2. The third kappa shape index (κ3) is 2.42. The van der Waals surface area contributed by atoms with Gasteiger partial charge < -0.3 is 9.82 Å². The number of rotatable bonds is 2. The van der Waals surface area contributed by atoms with Gasteiger partial charge in [-0.15, -0.1) is 0 Å². The van der Waals surface area contributed by atoms with Crippen molar-refractivity contribution in [1.29, 1.82) is 0 Å². The summed E-state index contributed by atoms with van der Waals surface area (Å²) >= 11 is 0. The van der Waals surface area contributed by atoms with Crippen LogP contribution in [0.5, 0.6) is 0 Å². The topological polar surface area (TPSA) is 22.6 Å². The molecular formula is C22H21BN4. The molecule has 4 nitrogen and oxygen atoms in total. The Balaban J connectivity index is 1.66. The second kappa shape index (κ2) is 6.20. The van der Waals surface area contributed by atoms with Gasteiger partial charge in [0.15, 0.2) is 5.82 Å². The SMILES string of the molecule is CB1C=Cc2ccccc2N1N1c2cccnc2N(c2ccccc2)[C@@H]1C. The Hall–Kier alpha value is -3.21. The molecule has 5 rings (SSSR count). The Morgan fingerprint density at radius 2 is 1.63 bits per heavy atom. The number of nitrogens with zero attached hydrogens (tertiary/aromatic N) is 4. The summed E-state index contributed by atoms with van der Waals surface area (Å²) in [5, 5.41) is 2.38. The van der Waals surface area contributed by atoms with E-state index in [0.29, 0.717) is 0 Å². The van der Waals surface area contributed by atoms with Crippen molar-refractivity contribution < 1.29 is 0 Å². The van der Waals surface area contributed by atoms with Gasteiger partial charge in [-0.1, -0.05) is 55.3 Å². The minimum absolute atomic E-state index is 0.110. The number of aromatic nitrogens is 1. The molecule has 1 aromatic heterocycles. The van der Waals surface area contributed by atoms with Gasteiger partial charge in [0.2, 0.25) is 0 Å². The van der Waals surface area contributed by atoms with Gasteiger partial charge in [0, 0.05) is 11.9 Å². The smallest absolute Gasteiger partial charge is 0.303 e. The summed E-state index contributed by atoms with van der Waals surface area (Å²) in [7, 11) is 0. The fourth-order valence-electron chi connectivity index (χ4n) is 4.16. The van der Waals surface area contributed by atoms with Crippen molar-refractivity contribution in [3.63, 3.8) is 0 Å². The number of pyridine rings is 1. The van der Waals surface area contributed by atoms with E-state index >= 15 is 0 Å². The predicted molar refractivity (Wildman–Crippen MR) is 114 cm³/mol. The second-order valence-corrected chi connectivity index (χ2v) is 7.03. The van der Waals surface area contributed by atoms with E-state index in [1.54, 1.807) is 0 Å². The average Bonchev–Trinajstić information content (AvgIpc) is 3.00. The van der Waals surface area contributed by atoms with Gasteiger partial charge in [-0.05, 0) is 42.8 Å². The zero-order valence-corrected chi connectivity index (χ0v) is 15.5. The van der Waals surface area contributed by atoms with Crippen LogP contribution < -0.4 is 14.8 Å². The molecule has 2 aliphatic rings. The normalized spacial score (nSPS) is 17.9. The molecular weight excluding hydrogens is 331 g/mol. The van der Waals surface area contributed by atoms with E-state index in [9.17, 15) is 0 Å². The maximum atomic E-state index is 4.73. The lowest BCUT2D eigenvalue weighted by Crippen LogP contribution is -2.56. The second-order valence-electron chi connectivity index (χ2n) is 7.03. The number of hydrogen-bond acceptors (Lipinski definition) is 4. The highest BCUT2D eigenvalue weighted by Crippen LogP contribution is 2.45. The summed E-state index contributed by atoms with van der Waals surface area (Å²) in [5.41, 5.74) is 4.75. The zero-order valence-electron chi connectivity index (χ0n) is 15.5. The quantitative estimate of drug-likeness (QED) is 0.606. The number of anilines is 4. The fourth-order valence-corrected chi connectivity index (χ4v) is 4.16. The van der Waals surface area contributed by atoms with E-state index in [0.717, 1.165) is 17.2 Å². The highest BCUT2D eigenvalue weighted by atomic mass is 15.7. The number of hydrogen-bond donors (Lipinski definition) is 0. The van der Waals surface area contributed by atoms with Crippen molar-refractivity contribution >= 4 is 35.8 Å². The molecule has 0 N–H and O–H groups in total. The van der Waals surface area contributed by atoms with Gasteiger partial charge in [-0.3, -0.25) is 5.01 Å². The van der Waals surface area contributed by atoms with Crippen molar-refractivity contribution in [3.05, 3.63) is 84.5 Å². The summed E-state index contributed by atoms with van der Waals surface area (Å²) in [6, 6.07) is 23.2. The molecule has 3 heterocycles. The lowest BCUT2D eigenvalue weighted by atomic mass is 9.61. The molecule has 5 heteroatoms. The van der Waals surface area contributed by atoms with E-state index in [1.807, 2.05) is 12.3 Å². The molecule has 0 aliphatic carbocycles. The molecule has 0 saturated heterocycles. The average molecular weight is 352 g/mol. The first-order chi connectivity index (χ1) is 13.3. The lowest BCUT2D eigenvalue weighted by molar-refractivity contribution is 0.692. The lowest BCUT2D eigenvalue weighted by Gasteiger charge is -2.43. The highest BCUT2D eigenvalue weighted by Gasteiger charge is 2.41. The van der Waals surface area contributed by atoms with Crippen LogP contribution in [0.25, 0.3) is 6.08 Å². The Morgan fingerprint density at radius 3 is 2.48 bits per heavy atom. The molecule has 0 fully saturated rings. The molecule has 132 valence electrons. The molecule has 2 aliphatic heterocycles. The van der Waals surface area contributed by atoms with Crippen LogP contribution in [-0.4, -0.2) is 18.0 Å². The van der Waals surface area contributed by atoms with Crippen molar-refractivity contribution in [2.24, 2.45) is 0 Å². The summed E-state index contributed by atoms with van der Waals surface area (Å²) in [5.74, 6) is 3.26. The Bertz CT molecular complexity index is 1000. The maximum absolute atomic E-state index is 4.73. The van der Waals surface area contributed by atoms with Crippen LogP contribution in [0.2, 0.25) is 6.82 Å². The molecule has 0 unspecified atom stereocenters. The minimum atomic E-state index is 0.110. The van der Waals surface area contributed by atoms with Crippen LogP contribution in [0.3, 0.4) is 0 Å². The van der Waals surface area contributed by atoms with E-state index < -0.39 is 0 Å².